The molecule has 0 N–H and O–H groups in total. The fourth-order valence-electron chi connectivity index (χ4n) is 1.93. The van der Waals surface area contributed by atoms with Crippen LogP contribution in [-0.4, -0.2) is 0 Å². The van der Waals surface area contributed by atoms with Crippen LogP contribution in [0.15, 0.2) is 36.5 Å². The number of allylic oxidation sites excluding steroid dienone is 4. The molecule has 0 aromatic rings. The zero-order valence-corrected chi connectivity index (χ0v) is 7.97. The maximum atomic E-state index is 3.87. The highest BCUT2D eigenvalue weighted by molar-refractivity contribution is 5.33. The van der Waals surface area contributed by atoms with Gasteiger partial charge in [0.05, 0.1) is 0 Å². The third kappa shape index (κ3) is 1.88. The average molecular weight is 162 g/mol. The molecule has 1 rings (SSSR count). The van der Waals surface area contributed by atoms with Gasteiger partial charge in [-0.1, -0.05) is 38.7 Å². The lowest BCUT2D eigenvalue weighted by Gasteiger charge is -2.11. The minimum absolute atomic E-state index is 0.679. The Labute approximate surface area is 75.7 Å². The molecule has 66 valence electrons. The Morgan fingerprint density at radius 1 is 1.25 bits per heavy atom. The molecule has 0 saturated heterocycles. The molecular weight excluding hydrogens is 144 g/mol. The van der Waals surface area contributed by atoms with E-state index in [1.165, 1.54) is 36.8 Å². The molecule has 0 bridgehead atoms. The first-order valence-electron chi connectivity index (χ1n) is 4.77. The lowest BCUT2D eigenvalue weighted by molar-refractivity contribution is 0.591. The van der Waals surface area contributed by atoms with E-state index in [2.05, 4.69) is 20.1 Å². The standard InChI is InChI=1S/C12H18/c1-4-11-9-7-6-8-10(3)12(11)5-2/h4-5,10H,1-2,6-9H2,3H3. The van der Waals surface area contributed by atoms with Crippen LogP contribution in [0.4, 0.5) is 0 Å². The molecule has 1 aliphatic carbocycles. The number of hydrogen-bond donors (Lipinski definition) is 0. The summed E-state index contributed by atoms with van der Waals surface area (Å²) in [6.07, 6.45) is 9.15. The van der Waals surface area contributed by atoms with Crippen LogP contribution in [0.2, 0.25) is 0 Å². The van der Waals surface area contributed by atoms with E-state index in [0.717, 1.165) is 0 Å². The lowest BCUT2D eigenvalue weighted by Crippen LogP contribution is -1.96. The van der Waals surface area contributed by atoms with Crippen LogP contribution in [0.3, 0.4) is 0 Å². The van der Waals surface area contributed by atoms with E-state index < -0.39 is 0 Å². The van der Waals surface area contributed by atoms with Gasteiger partial charge in [0.25, 0.3) is 0 Å². The Kier molecular flexibility index (Phi) is 3.33. The van der Waals surface area contributed by atoms with Gasteiger partial charge in [-0.15, -0.1) is 0 Å². The average Bonchev–Trinajstić information content (AvgIpc) is 2.26. The van der Waals surface area contributed by atoms with Gasteiger partial charge in [-0.2, -0.15) is 0 Å². The normalized spacial score (nSPS) is 24.9. The van der Waals surface area contributed by atoms with E-state index in [4.69, 9.17) is 0 Å². The highest BCUT2D eigenvalue weighted by Crippen LogP contribution is 2.29. The second-order valence-corrected chi connectivity index (χ2v) is 3.54. The topological polar surface area (TPSA) is 0 Å². The van der Waals surface area contributed by atoms with Gasteiger partial charge in [-0.3, -0.25) is 0 Å². The second-order valence-electron chi connectivity index (χ2n) is 3.54. The fourth-order valence-corrected chi connectivity index (χ4v) is 1.93. The molecule has 1 atom stereocenters. The summed E-state index contributed by atoms with van der Waals surface area (Å²) in [5.41, 5.74) is 2.83. The Balaban J connectivity index is 2.93. The van der Waals surface area contributed by atoms with Gasteiger partial charge < -0.3 is 0 Å². The van der Waals surface area contributed by atoms with Crippen molar-refractivity contribution >= 4 is 0 Å². The van der Waals surface area contributed by atoms with Crippen LogP contribution in [0.1, 0.15) is 32.6 Å². The molecule has 0 spiro atoms. The van der Waals surface area contributed by atoms with Crippen LogP contribution in [-0.2, 0) is 0 Å². The Hall–Kier alpha value is -0.780. The third-order valence-electron chi connectivity index (χ3n) is 2.70. The molecule has 0 aliphatic heterocycles. The summed E-state index contributed by atoms with van der Waals surface area (Å²) in [6, 6.07) is 0. The van der Waals surface area contributed by atoms with Crippen LogP contribution in [0, 0.1) is 5.92 Å². The molecule has 0 aromatic heterocycles. The summed E-state index contributed by atoms with van der Waals surface area (Å²) in [5, 5.41) is 0. The van der Waals surface area contributed by atoms with E-state index in [1.54, 1.807) is 0 Å². The first kappa shape index (κ1) is 9.31. The van der Waals surface area contributed by atoms with Crippen molar-refractivity contribution in [2.45, 2.75) is 32.6 Å². The van der Waals surface area contributed by atoms with E-state index in [1.807, 2.05) is 12.2 Å². The van der Waals surface area contributed by atoms with Gasteiger partial charge in [-0.05, 0) is 36.3 Å². The van der Waals surface area contributed by atoms with Crippen molar-refractivity contribution in [2.75, 3.05) is 0 Å². The van der Waals surface area contributed by atoms with Crippen molar-refractivity contribution in [1.82, 2.24) is 0 Å². The second kappa shape index (κ2) is 4.30. The highest BCUT2D eigenvalue weighted by Gasteiger charge is 2.13. The predicted molar refractivity (Wildman–Crippen MR) is 55.1 cm³/mol. The van der Waals surface area contributed by atoms with E-state index in [0.29, 0.717) is 5.92 Å². The van der Waals surface area contributed by atoms with Crippen LogP contribution in [0.5, 0.6) is 0 Å². The minimum atomic E-state index is 0.679. The quantitative estimate of drug-likeness (QED) is 0.578. The van der Waals surface area contributed by atoms with Crippen LogP contribution >= 0.6 is 0 Å². The molecule has 1 aliphatic rings. The van der Waals surface area contributed by atoms with Crippen molar-refractivity contribution in [3.63, 3.8) is 0 Å². The molecule has 0 heterocycles. The fraction of sp³-hybridized carbons (Fsp3) is 0.500. The van der Waals surface area contributed by atoms with E-state index in [-0.39, 0.29) is 0 Å². The van der Waals surface area contributed by atoms with Gasteiger partial charge >= 0.3 is 0 Å². The highest BCUT2D eigenvalue weighted by atomic mass is 14.2. The van der Waals surface area contributed by atoms with Gasteiger partial charge in [0, 0.05) is 0 Å². The molecule has 0 nitrogen and oxygen atoms in total. The maximum Gasteiger partial charge on any atom is -0.0188 e. The summed E-state index contributed by atoms with van der Waals surface area (Å²) in [7, 11) is 0. The summed E-state index contributed by atoms with van der Waals surface area (Å²) in [4.78, 5) is 0. The zero-order chi connectivity index (χ0) is 8.97. The van der Waals surface area contributed by atoms with Crippen molar-refractivity contribution in [3.8, 4) is 0 Å². The van der Waals surface area contributed by atoms with E-state index >= 15 is 0 Å². The molecule has 12 heavy (non-hydrogen) atoms. The summed E-state index contributed by atoms with van der Waals surface area (Å²) < 4.78 is 0. The molecule has 0 radical (unpaired) electrons. The first-order chi connectivity index (χ1) is 5.79. The molecule has 0 saturated carbocycles. The molecule has 0 fully saturated rings. The lowest BCUT2D eigenvalue weighted by atomic mass is 9.94. The van der Waals surface area contributed by atoms with Crippen LogP contribution < -0.4 is 0 Å². The number of rotatable bonds is 2. The van der Waals surface area contributed by atoms with Crippen LogP contribution in [0.25, 0.3) is 0 Å². The SMILES string of the molecule is C=CC1=C(C=C)C(C)CCCC1. The van der Waals surface area contributed by atoms with Gasteiger partial charge in [0.2, 0.25) is 0 Å². The van der Waals surface area contributed by atoms with Gasteiger partial charge in [0.15, 0.2) is 0 Å². The van der Waals surface area contributed by atoms with Crippen molar-refractivity contribution in [2.24, 2.45) is 5.92 Å². The Morgan fingerprint density at radius 3 is 2.58 bits per heavy atom. The zero-order valence-electron chi connectivity index (χ0n) is 7.97. The molecule has 1 unspecified atom stereocenters. The molecule has 0 amide bonds. The summed E-state index contributed by atoms with van der Waals surface area (Å²) >= 11 is 0. The largest absolute Gasteiger partial charge is 0.0988 e. The van der Waals surface area contributed by atoms with Crippen molar-refractivity contribution in [3.05, 3.63) is 36.5 Å². The third-order valence-corrected chi connectivity index (χ3v) is 2.70. The molecular formula is C12H18. The summed E-state index contributed by atoms with van der Waals surface area (Å²) in [5.74, 6) is 0.679. The Bertz CT molecular complexity index is 208. The monoisotopic (exact) mass is 162 g/mol. The molecule has 0 heteroatoms. The smallest absolute Gasteiger partial charge is 0.0188 e. The Morgan fingerprint density at radius 2 is 2.00 bits per heavy atom. The van der Waals surface area contributed by atoms with Gasteiger partial charge in [0.1, 0.15) is 0 Å². The van der Waals surface area contributed by atoms with E-state index in [9.17, 15) is 0 Å². The summed E-state index contributed by atoms with van der Waals surface area (Å²) in [6.45, 7) is 10.0. The first-order valence-corrected chi connectivity index (χ1v) is 4.77. The number of hydrogen-bond acceptors (Lipinski definition) is 0. The van der Waals surface area contributed by atoms with Crippen molar-refractivity contribution in [1.29, 1.82) is 0 Å². The molecule has 0 aromatic carbocycles. The van der Waals surface area contributed by atoms with Crippen molar-refractivity contribution < 1.29 is 0 Å². The van der Waals surface area contributed by atoms with Gasteiger partial charge in [-0.25, -0.2) is 0 Å². The minimum Gasteiger partial charge on any atom is -0.0988 e. The maximum absolute atomic E-state index is 3.87. The predicted octanol–water partition coefficient (Wildman–Crippen LogP) is 3.87.